The highest BCUT2D eigenvalue weighted by Crippen LogP contribution is 2.21. The van der Waals surface area contributed by atoms with Gasteiger partial charge in [0, 0.05) is 23.9 Å². The highest BCUT2D eigenvalue weighted by Gasteiger charge is 2.21. The lowest BCUT2D eigenvalue weighted by Crippen LogP contribution is -2.10. The molecular formula is C15H12F3NO2. The number of halogens is 3. The van der Waals surface area contributed by atoms with Gasteiger partial charge in [-0.3, -0.25) is 9.78 Å². The third kappa shape index (κ3) is 3.39. The van der Waals surface area contributed by atoms with Crippen molar-refractivity contribution in [2.45, 2.75) is 20.0 Å². The molecule has 0 spiro atoms. The number of nitrogens with zero attached hydrogens (tertiary/aromatic N) is 1. The highest BCUT2D eigenvalue weighted by molar-refractivity contribution is 6.09. The topological polar surface area (TPSA) is 39.2 Å². The molecule has 0 aliphatic carbocycles. The minimum Gasteiger partial charge on any atom is -0.489 e. The predicted molar refractivity (Wildman–Crippen MR) is 69.7 cm³/mol. The molecule has 0 saturated carbocycles. The summed E-state index contributed by atoms with van der Waals surface area (Å²) < 4.78 is 45.4. The molecular weight excluding hydrogens is 283 g/mol. The number of ketones is 1. The molecule has 1 aromatic carbocycles. The van der Waals surface area contributed by atoms with E-state index < -0.39 is 28.8 Å². The first-order chi connectivity index (χ1) is 9.88. The van der Waals surface area contributed by atoms with Crippen LogP contribution in [0.15, 0.2) is 30.6 Å². The van der Waals surface area contributed by atoms with Crippen molar-refractivity contribution in [2.75, 3.05) is 0 Å². The van der Waals surface area contributed by atoms with E-state index in [0.717, 1.165) is 6.20 Å². The molecule has 6 heteroatoms. The Hall–Kier alpha value is -2.37. The average Bonchev–Trinajstić information content (AvgIpc) is 2.36. The van der Waals surface area contributed by atoms with Crippen molar-refractivity contribution >= 4 is 5.78 Å². The number of aromatic nitrogens is 1. The van der Waals surface area contributed by atoms with Gasteiger partial charge in [0.1, 0.15) is 23.2 Å². The van der Waals surface area contributed by atoms with Crippen LogP contribution in [0, 0.1) is 17.5 Å². The number of pyridine rings is 1. The first kappa shape index (κ1) is 15.0. The molecule has 0 saturated heterocycles. The summed E-state index contributed by atoms with van der Waals surface area (Å²) in [7, 11) is 0. The molecule has 110 valence electrons. The zero-order valence-electron chi connectivity index (χ0n) is 11.4. The van der Waals surface area contributed by atoms with Crippen molar-refractivity contribution < 1.29 is 22.7 Å². The second-order valence-electron chi connectivity index (χ2n) is 4.65. The first-order valence-corrected chi connectivity index (χ1v) is 6.19. The fourth-order valence-electron chi connectivity index (χ4n) is 1.78. The fraction of sp³-hybridized carbons (Fsp3) is 0.200. The Morgan fingerprint density at radius 1 is 1.10 bits per heavy atom. The van der Waals surface area contributed by atoms with Crippen LogP contribution in [0.5, 0.6) is 5.75 Å². The molecule has 0 atom stereocenters. The Balaban J connectivity index is 2.41. The molecule has 1 aromatic heterocycles. The third-order valence-electron chi connectivity index (χ3n) is 2.58. The van der Waals surface area contributed by atoms with Gasteiger partial charge in [-0.1, -0.05) is 0 Å². The molecule has 0 fully saturated rings. The van der Waals surface area contributed by atoms with E-state index in [4.69, 9.17) is 4.74 Å². The summed E-state index contributed by atoms with van der Waals surface area (Å²) >= 11 is 0. The minimum atomic E-state index is -1.26. The van der Waals surface area contributed by atoms with Crippen molar-refractivity contribution in [1.82, 2.24) is 4.98 Å². The minimum absolute atomic E-state index is 0.0439. The maximum absolute atomic E-state index is 13.6. The molecule has 0 amide bonds. The zero-order valence-corrected chi connectivity index (χ0v) is 11.4. The average molecular weight is 295 g/mol. The molecule has 2 rings (SSSR count). The van der Waals surface area contributed by atoms with E-state index in [-0.39, 0.29) is 11.7 Å². The lowest BCUT2D eigenvalue weighted by molar-refractivity contribution is 0.102. The lowest BCUT2D eigenvalue weighted by Gasteiger charge is -2.10. The number of rotatable bonds is 4. The van der Waals surface area contributed by atoms with Crippen LogP contribution in [-0.2, 0) is 0 Å². The predicted octanol–water partition coefficient (Wildman–Crippen LogP) is 3.52. The maximum atomic E-state index is 13.6. The van der Waals surface area contributed by atoms with Crippen LogP contribution >= 0.6 is 0 Å². The van der Waals surface area contributed by atoms with Gasteiger partial charge in [0.05, 0.1) is 17.9 Å². The molecule has 0 N–H and O–H groups in total. The van der Waals surface area contributed by atoms with Crippen LogP contribution in [0.25, 0.3) is 0 Å². The third-order valence-corrected chi connectivity index (χ3v) is 2.58. The number of carbonyl (C=O) groups is 1. The maximum Gasteiger partial charge on any atom is 0.200 e. The zero-order chi connectivity index (χ0) is 15.6. The highest BCUT2D eigenvalue weighted by atomic mass is 19.1. The van der Waals surface area contributed by atoms with Gasteiger partial charge in [0.2, 0.25) is 5.78 Å². The van der Waals surface area contributed by atoms with Crippen molar-refractivity contribution in [2.24, 2.45) is 0 Å². The quantitative estimate of drug-likeness (QED) is 0.810. The van der Waals surface area contributed by atoms with Crippen LogP contribution in [0.1, 0.15) is 29.8 Å². The van der Waals surface area contributed by atoms with Gasteiger partial charge < -0.3 is 4.74 Å². The number of hydrogen-bond donors (Lipinski definition) is 0. The molecule has 0 aliphatic heterocycles. The Morgan fingerprint density at radius 3 is 2.29 bits per heavy atom. The van der Waals surface area contributed by atoms with E-state index in [1.54, 1.807) is 13.8 Å². The van der Waals surface area contributed by atoms with E-state index in [2.05, 4.69) is 4.98 Å². The second kappa shape index (κ2) is 5.95. The monoisotopic (exact) mass is 295 g/mol. The summed E-state index contributed by atoms with van der Waals surface area (Å²) in [6, 6.07) is 2.24. The fourth-order valence-corrected chi connectivity index (χ4v) is 1.78. The molecule has 3 nitrogen and oxygen atoms in total. The first-order valence-electron chi connectivity index (χ1n) is 6.19. The van der Waals surface area contributed by atoms with Crippen molar-refractivity contribution in [3.05, 3.63) is 59.2 Å². The van der Waals surface area contributed by atoms with Crippen molar-refractivity contribution in [3.8, 4) is 5.75 Å². The van der Waals surface area contributed by atoms with E-state index >= 15 is 0 Å². The number of benzene rings is 1. The van der Waals surface area contributed by atoms with Gasteiger partial charge in [-0.05, 0) is 19.9 Å². The van der Waals surface area contributed by atoms with Crippen molar-refractivity contribution in [3.63, 3.8) is 0 Å². The van der Waals surface area contributed by atoms with Crippen LogP contribution in [0.4, 0.5) is 13.2 Å². The summed E-state index contributed by atoms with van der Waals surface area (Å²) in [6.45, 7) is 3.57. The summed E-state index contributed by atoms with van der Waals surface area (Å²) in [5, 5.41) is 0. The van der Waals surface area contributed by atoms with Gasteiger partial charge in [0.15, 0.2) is 0 Å². The van der Waals surface area contributed by atoms with Gasteiger partial charge in [-0.15, -0.1) is 0 Å². The van der Waals surface area contributed by atoms with Crippen LogP contribution in [0.3, 0.4) is 0 Å². The molecule has 0 unspecified atom stereocenters. The number of hydrogen-bond acceptors (Lipinski definition) is 3. The Morgan fingerprint density at radius 2 is 1.71 bits per heavy atom. The largest absolute Gasteiger partial charge is 0.489 e. The normalized spacial score (nSPS) is 10.8. The van der Waals surface area contributed by atoms with Gasteiger partial charge in [-0.2, -0.15) is 0 Å². The van der Waals surface area contributed by atoms with Gasteiger partial charge >= 0.3 is 0 Å². The van der Waals surface area contributed by atoms with Crippen LogP contribution in [-0.4, -0.2) is 16.9 Å². The molecule has 0 radical (unpaired) electrons. The molecule has 0 bridgehead atoms. The van der Waals surface area contributed by atoms with E-state index in [9.17, 15) is 18.0 Å². The SMILES string of the molecule is CC(C)Oc1cncc(C(=O)c2c(F)cc(F)cc2F)c1. The van der Waals surface area contributed by atoms with Gasteiger partial charge in [0.25, 0.3) is 0 Å². The second-order valence-corrected chi connectivity index (χ2v) is 4.65. The standard InChI is InChI=1S/C15H12F3NO2/c1-8(2)21-11-3-9(6-19-7-11)15(20)14-12(17)4-10(16)5-13(14)18/h3-8H,1-2H3. The number of carbonyl (C=O) groups excluding carboxylic acids is 1. The Bertz CT molecular complexity index is 663. The molecule has 0 aliphatic rings. The lowest BCUT2D eigenvalue weighted by atomic mass is 10.0. The van der Waals surface area contributed by atoms with Crippen LogP contribution < -0.4 is 4.74 Å². The summed E-state index contributed by atoms with van der Waals surface area (Å²) in [5.74, 6) is -4.22. The smallest absolute Gasteiger partial charge is 0.200 e. The summed E-state index contributed by atoms with van der Waals surface area (Å²) in [5.41, 5.74) is -0.863. The Labute approximate surface area is 119 Å². The Kier molecular flexibility index (Phi) is 4.26. The summed E-state index contributed by atoms with van der Waals surface area (Å²) in [4.78, 5) is 15.9. The molecule has 21 heavy (non-hydrogen) atoms. The summed E-state index contributed by atoms with van der Waals surface area (Å²) in [6.07, 6.45) is 2.41. The van der Waals surface area contributed by atoms with Gasteiger partial charge in [-0.25, -0.2) is 13.2 Å². The number of ether oxygens (including phenoxy) is 1. The van der Waals surface area contributed by atoms with E-state index in [1.165, 1.54) is 12.3 Å². The van der Waals surface area contributed by atoms with Crippen molar-refractivity contribution in [1.29, 1.82) is 0 Å². The van der Waals surface area contributed by atoms with E-state index in [1.807, 2.05) is 0 Å². The van der Waals surface area contributed by atoms with E-state index in [0.29, 0.717) is 17.9 Å². The molecule has 1 heterocycles. The van der Waals surface area contributed by atoms with Crippen LogP contribution in [0.2, 0.25) is 0 Å². The molecule has 2 aromatic rings.